The van der Waals surface area contributed by atoms with Gasteiger partial charge in [0.25, 0.3) is 20.0 Å². The lowest BCUT2D eigenvalue weighted by Crippen LogP contribution is -2.14. The Labute approximate surface area is 215 Å². The number of hydrogen-bond donors (Lipinski definition) is 2. The third kappa shape index (κ3) is 4.24. The SMILES string of the molecule is Cc1nc(S(=O)(=O)n2cc(-c3ccc(NS(=O)(=O)c4ccc(F)cc4)c(F)c3)c3c(N)ncnc32)cn1C. The zero-order valence-electron chi connectivity index (χ0n) is 19.8. The molecule has 0 spiro atoms. The largest absolute Gasteiger partial charge is 0.383 e. The molecule has 196 valence electrons. The maximum absolute atomic E-state index is 15.1. The van der Waals surface area contributed by atoms with Gasteiger partial charge in [-0.05, 0) is 48.9 Å². The standard InChI is InChI=1S/C23H19F2N7O4S2/c1-13-29-20(11-31(13)2)38(35,36)32-10-17(21-22(26)27-12-28-23(21)32)14-3-8-19(18(25)9-14)30-37(33,34)16-6-4-15(24)5-7-16/h3-12,30H,1-2H3,(H2,26,27,28). The Hall–Kier alpha value is -4.37. The van der Waals surface area contributed by atoms with Crippen LogP contribution in [-0.2, 0) is 27.1 Å². The molecule has 0 bridgehead atoms. The Morgan fingerprint density at radius 3 is 2.32 bits per heavy atom. The van der Waals surface area contributed by atoms with Crippen LogP contribution in [0.2, 0.25) is 0 Å². The molecule has 15 heteroatoms. The zero-order chi connectivity index (χ0) is 27.4. The zero-order valence-corrected chi connectivity index (χ0v) is 21.4. The van der Waals surface area contributed by atoms with Gasteiger partial charge in [0.05, 0.1) is 16.0 Å². The summed E-state index contributed by atoms with van der Waals surface area (Å²) in [5.74, 6) is -1.15. The van der Waals surface area contributed by atoms with Crippen molar-refractivity contribution in [3.05, 3.63) is 78.6 Å². The fourth-order valence-electron chi connectivity index (χ4n) is 3.79. The highest BCUT2D eigenvalue weighted by molar-refractivity contribution is 7.92. The van der Waals surface area contributed by atoms with Gasteiger partial charge in [-0.1, -0.05) is 6.07 Å². The summed E-state index contributed by atoms with van der Waals surface area (Å²) >= 11 is 0. The van der Waals surface area contributed by atoms with Gasteiger partial charge in [-0.2, -0.15) is 8.42 Å². The van der Waals surface area contributed by atoms with Crippen LogP contribution < -0.4 is 10.5 Å². The van der Waals surface area contributed by atoms with Gasteiger partial charge < -0.3 is 10.3 Å². The summed E-state index contributed by atoms with van der Waals surface area (Å²) in [5, 5.41) is -0.0716. The molecule has 5 rings (SSSR count). The number of hydrogen-bond acceptors (Lipinski definition) is 8. The molecule has 0 aliphatic rings. The predicted octanol–water partition coefficient (Wildman–Crippen LogP) is 3.04. The first kappa shape index (κ1) is 25.3. The Kier molecular flexibility index (Phi) is 5.91. The average molecular weight is 560 g/mol. The molecule has 38 heavy (non-hydrogen) atoms. The van der Waals surface area contributed by atoms with Crippen LogP contribution in [0, 0.1) is 18.6 Å². The normalized spacial score (nSPS) is 12.2. The highest BCUT2D eigenvalue weighted by Gasteiger charge is 2.27. The van der Waals surface area contributed by atoms with E-state index in [0.717, 1.165) is 40.6 Å². The quantitative estimate of drug-likeness (QED) is 0.322. The first-order chi connectivity index (χ1) is 17.9. The second-order valence-electron chi connectivity index (χ2n) is 8.29. The van der Waals surface area contributed by atoms with Crippen molar-refractivity contribution in [1.82, 2.24) is 23.5 Å². The Bertz CT molecular complexity index is 1920. The van der Waals surface area contributed by atoms with Gasteiger partial charge in [0.2, 0.25) is 0 Å². The van der Waals surface area contributed by atoms with Crippen LogP contribution in [0.3, 0.4) is 0 Å². The van der Waals surface area contributed by atoms with E-state index in [1.165, 1.54) is 24.5 Å². The number of halogens is 2. The number of nitrogens with zero attached hydrogens (tertiary/aromatic N) is 5. The number of aromatic nitrogens is 5. The second kappa shape index (κ2) is 8.88. The minimum atomic E-state index is -4.22. The molecule has 0 fully saturated rings. The van der Waals surface area contributed by atoms with Crippen molar-refractivity contribution < 1.29 is 25.6 Å². The summed E-state index contributed by atoms with van der Waals surface area (Å²) in [6.45, 7) is 1.65. The van der Waals surface area contributed by atoms with E-state index in [0.29, 0.717) is 5.82 Å². The fourth-order valence-corrected chi connectivity index (χ4v) is 6.21. The summed E-state index contributed by atoms with van der Waals surface area (Å²) in [7, 11) is -6.78. The van der Waals surface area contributed by atoms with Gasteiger partial charge in [0, 0.05) is 25.0 Å². The summed E-state index contributed by atoms with van der Waals surface area (Å²) in [6.07, 6.45) is 3.68. The number of anilines is 2. The topological polar surface area (TPSA) is 155 Å². The van der Waals surface area contributed by atoms with Crippen LogP contribution in [0.4, 0.5) is 20.3 Å². The lowest BCUT2D eigenvalue weighted by atomic mass is 10.1. The number of aryl methyl sites for hydroxylation is 2. The Morgan fingerprint density at radius 2 is 1.68 bits per heavy atom. The van der Waals surface area contributed by atoms with Crippen LogP contribution in [-0.4, -0.2) is 40.3 Å². The molecular weight excluding hydrogens is 540 g/mol. The van der Waals surface area contributed by atoms with Crippen molar-refractivity contribution in [2.24, 2.45) is 7.05 Å². The van der Waals surface area contributed by atoms with Gasteiger partial charge in [-0.25, -0.2) is 36.1 Å². The van der Waals surface area contributed by atoms with Crippen LogP contribution in [0.15, 0.2) is 71.1 Å². The second-order valence-corrected chi connectivity index (χ2v) is 11.7. The number of benzene rings is 2. The van der Waals surface area contributed by atoms with Gasteiger partial charge in [0.1, 0.15) is 29.6 Å². The molecule has 3 aromatic heterocycles. The third-order valence-electron chi connectivity index (χ3n) is 5.84. The van der Waals surface area contributed by atoms with E-state index in [-0.39, 0.29) is 43.6 Å². The maximum Gasteiger partial charge on any atom is 0.288 e. The molecule has 3 N–H and O–H groups in total. The van der Waals surface area contributed by atoms with E-state index in [4.69, 9.17) is 5.73 Å². The van der Waals surface area contributed by atoms with E-state index in [2.05, 4.69) is 19.7 Å². The van der Waals surface area contributed by atoms with Crippen molar-refractivity contribution in [1.29, 1.82) is 0 Å². The van der Waals surface area contributed by atoms with E-state index in [1.807, 2.05) is 0 Å². The molecule has 2 aromatic carbocycles. The van der Waals surface area contributed by atoms with Gasteiger partial charge in [-0.3, -0.25) is 4.72 Å². The molecule has 11 nitrogen and oxygen atoms in total. The average Bonchev–Trinajstić information content (AvgIpc) is 3.42. The molecule has 0 saturated heterocycles. The number of rotatable bonds is 6. The smallest absolute Gasteiger partial charge is 0.288 e. The van der Waals surface area contributed by atoms with Crippen molar-refractivity contribution in [3.63, 3.8) is 0 Å². The highest BCUT2D eigenvalue weighted by Crippen LogP contribution is 2.36. The van der Waals surface area contributed by atoms with Crippen molar-refractivity contribution in [2.75, 3.05) is 10.5 Å². The van der Waals surface area contributed by atoms with Crippen molar-refractivity contribution in [2.45, 2.75) is 16.8 Å². The Balaban J connectivity index is 1.59. The number of imidazole rings is 1. The number of nitrogens with two attached hydrogens (primary N) is 1. The molecule has 0 aliphatic carbocycles. The van der Waals surface area contributed by atoms with Gasteiger partial charge in [0.15, 0.2) is 10.7 Å². The number of sulfonamides is 1. The number of nitrogen functional groups attached to an aromatic ring is 1. The van der Waals surface area contributed by atoms with Gasteiger partial charge >= 0.3 is 0 Å². The van der Waals surface area contributed by atoms with Crippen LogP contribution in [0.1, 0.15) is 5.82 Å². The van der Waals surface area contributed by atoms with Crippen LogP contribution in [0.5, 0.6) is 0 Å². The summed E-state index contributed by atoms with van der Waals surface area (Å²) in [6, 6.07) is 7.61. The minimum absolute atomic E-state index is 0.0438. The molecule has 0 aliphatic heterocycles. The predicted molar refractivity (Wildman–Crippen MR) is 135 cm³/mol. The molecular formula is C23H19F2N7O4S2. The van der Waals surface area contributed by atoms with E-state index >= 15 is 4.39 Å². The summed E-state index contributed by atoms with van der Waals surface area (Å²) in [5.41, 5.74) is 6.02. The monoisotopic (exact) mass is 559 g/mol. The summed E-state index contributed by atoms with van der Waals surface area (Å²) in [4.78, 5) is 11.9. The molecule has 0 saturated carbocycles. The highest BCUT2D eigenvalue weighted by atomic mass is 32.2. The number of nitrogens with one attached hydrogen (secondary N) is 1. The van der Waals surface area contributed by atoms with E-state index in [1.54, 1.807) is 18.5 Å². The number of fused-ring (bicyclic) bond motifs is 1. The van der Waals surface area contributed by atoms with Crippen molar-refractivity contribution >= 4 is 42.6 Å². The third-order valence-corrected chi connectivity index (χ3v) is 8.74. The van der Waals surface area contributed by atoms with Crippen LogP contribution >= 0.6 is 0 Å². The molecule has 5 aromatic rings. The fraction of sp³-hybridized carbons (Fsp3) is 0.0870. The Morgan fingerprint density at radius 1 is 0.974 bits per heavy atom. The van der Waals surface area contributed by atoms with Crippen LogP contribution in [0.25, 0.3) is 22.2 Å². The first-order valence-electron chi connectivity index (χ1n) is 10.8. The minimum Gasteiger partial charge on any atom is -0.383 e. The molecule has 0 unspecified atom stereocenters. The first-order valence-corrected chi connectivity index (χ1v) is 13.8. The molecule has 0 atom stereocenters. The molecule has 0 amide bonds. The molecule has 0 radical (unpaired) electrons. The lowest BCUT2D eigenvalue weighted by molar-refractivity contribution is 0.585. The van der Waals surface area contributed by atoms with E-state index < -0.39 is 31.7 Å². The van der Waals surface area contributed by atoms with E-state index in [9.17, 15) is 21.2 Å². The molecule has 3 heterocycles. The lowest BCUT2D eigenvalue weighted by Gasteiger charge is -2.10. The summed E-state index contributed by atoms with van der Waals surface area (Å²) < 4.78 is 84.9. The maximum atomic E-state index is 15.1. The van der Waals surface area contributed by atoms with Crippen molar-refractivity contribution in [3.8, 4) is 11.1 Å². The van der Waals surface area contributed by atoms with Gasteiger partial charge in [-0.15, -0.1) is 0 Å².